The number of nitro groups is 1. The van der Waals surface area contributed by atoms with E-state index in [1.807, 2.05) is 0 Å². The van der Waals surface area contributed by atoms with E-state index in [9.17, 15) is 24.3 Å². The monoisotopic (exact) mass is 690 g/mol. The summed E-state index contributed by atoms with van der Waals surface area (Å²) in [5.74, 6) is -0.208. The van der Waals surface area contributed by atoms with Crippen LogP contribution in [0.2, 0.25) is 0 Å². The summed E-state index contributed by atoms with van der Waals surface area (Å²) < 4.78 is 53.8. The van der Waals surface area contributed by atoms with Crippen molar-refractivity contribution >= 4 is 36.8 Å². The van der Waals surface area contributed by atoms with Crippen LogP contribution in [0.15, 0.2) is 35.4 Å². The van der Waals surface area contributed by atoms with E-state index in [2.05, 4.69) is 24.6 Å². The molecule has 4 atom stereocenters. The van der Waals surface area contributed by atoms with E-state index >= 15 is 0 Å². The van der Waals surface area contributed by atoms with E-state index in [0.717, 1.165) is 0 Å². The number of non-ortho nitro benzene ring substituents is 1. The Balaban J connectivity index is 1.63. The van der Waals surface area contributed by atoms with Gasteiger partial charge in [-0.2, -0.15) is 4.98 Å². The molecule has 0 bridgehead atoms. The maximum atomic E-state index is 13.4. The van der Waals surface area contributed by atoms with Gasteiger partial charge in [0, 0.05) is 19.2 Å². The molecule has 2 aromatic heterocycles. The first kappa shape index (κ1) is 35.9. The molecule has 0 radical (unpaired) electrons. The number of carbonyl (C=O) groups is 1. The van der Waals surface area contributed by atoms with E-state index in [0.29, 0.717) is 5.56 Å². The number of nitrogens with two attached hydrogens (primary N) is 1. The molecule has 0 amide bonds. The lowest BCUT2D eigenvalue weighted by Crippen LogP contribution is -2.40. The zero-order valence-corrected chi connectivity index (χ0v) is 26.7. The number of aromatic nitrogens is 4. The lowest BCUT2D eigenvalue weighted by Gasteiger charge is -2.28. The number of aromatic amines is 1. The number of nitrogens with zero attached hydrogens (tertiary/aromatic N) is 6. The van der Waals surface area contributed by atoms with Crippen molar-refractivity contribution in [3.63, 3.8) is 0 Å². The number of ether oxygens (including phenoxy) is 4. The molecule has 1 saturated heterocycles. The van der Waals surface area contributed by atoms with Crippen LogP contribution in [0.3, 0.4) is 0 Å². The molecule has 20 nitrogen and oxygen atoms in total. The highest BCUT2D eigenvalue weighted by molar-refractivity contribution is 7.48. The van der Waals surface area contributed by atoms with Gasteiger partial charge in [-0.25, -0.2) is 27.5 Å². The van der Waals surface area contributed by atoms with Crippen LogP contribution in [0.5, 0.6) is 0 Å². The summed E-state index contributed by atoms with van der Waals surface area (Å²) in [6, 6.07) is 5.38. The fourth-order valence-electron chi connectivity index (χ4n) is 4.65. The molecule has 1 aliphatic rings. The molecule has 48 heavy (non-hydrogen) atoms. The minimum absolute atomic E-state index is 0.0149. The molecule has 4 rings (SSSR count). The number of fused-ring (bicyclic) bond motifs is 1. The number of nitrogen functional groups attached to an aromatic ring is 1. The zero-order valence-electron chi connectivity index (χ0n) is 25.8. The van der Waals surface area contributed by atoms with Crippen LogP contribution >= 0.6 is 7.82 Å². The third-order valence-corrected chi connectivity index (χ3v) is 8.39. The number of phosphoric acid groups is 1. The summed E-state index contributed by atoms with van der Waals surface area (Å²) in [7, 11) is -3.06. The molecule has 0 spiro atoms. The first-order valence-electron chi connectivity index (χ1n) is 14.1. The van der Waals surface area contributed by atoms with Crippen molar-refractivity contribution in [2.24, 2.45) is 0 Å². The molecule has 0 aliphatic carbocycles. The number of H-pyrrole nitrogens is 1. The van der Waals surface area contributed by atoms with E-state index in [-0.39, 0.29) is 49.1 Å². The summed E-state index contributed by atoms with van der Waals surface area (Å²) in [4.78, 5) is 53.0. The molecule has 1 aliphatic heterocycles. The minimum atomic E-state index is -4.36. The number of carbonyl (C=O) groups excluding carboxylic acids is 1. The summed E-state index contributed by atoms with van der Waals surface area (Å²) >= 11 is 0. The first-order valence-corrected chi connectivity index (χ1v) is 15.5. The Hall–Kier alpha value is -4.95. The third kappa shape index (κ3) is 8.30. The molecule has 3 aromatic rings. The number of imidazole rings is 1. The summed E-state index contributed by atoms with van der Waals surface area (Å²) in [5.41, 5.74) is 4.00. The topological polar surface area (TPSA) is 240 Å². The van der Waals surface area contributed by atoms with Gasteiger partial charge < -0.3 is 34.4 Å². The number of methoxy groups -OCH3 is 1. The second kappa shape index (κ2) is 15.3. The molecule has 1 aromatic carbocycles. The van der Waals surface area contributed by atoms with E-state index in [1.165, 1.54) is 42.3 Å². The number of phosphoric ester groups is 1. The molecule has 21 heteroatoms. The van der Waals surface area contributed by atoms with E-state index in [1.54, 1.807) is 13.8 Å². The summed E-state index contributed by atoms with van der Waals surface area (Å²) in [5, 5.41) is 11.1. The molecule has 1 unspecified atom stereocenters. The third-order valence-electron chi connectivity index (χ3n) is 6.93. The second-order valence-electron chi connectivity index (χ2n) is 10.5. The molecule has 1 fully saturated rings. The summed E-state index contributed by atoms with van der Waals surface area (Å²) in [6.07, 6.45) is -4.86. The van der Waals surface area contributed by atoms with Gasteiger partial charge in [-0.15, -0.1) is 0 Å². The highest BCUT2D eigenvalue weighted by Gasteiger charge is 2.51. The number of anilines is 1. The molecule has 3 heterocycles. The van der Waals surface area contributed by atoms with Crippen LogP contribution in [-0.4, -0.2) is 88.9 Å². The predicted octanol–water partition coefficient (Wildman–Crippen LogP) is 2.98. The number of nitrogens with one attached hydrogen (secondary N) is 1. The van der Waals surface area contributed by atoms with Crippen LogP contribution in [0.25, 0.3) is 20.9 Å². The number of nitro benzene ring substituents is 1. The van der Waals surface area contributed by atoms with Gasteiger partial charge >= 0.3 is 14.0 Å². The maximum Gasteiger partial charge on any atom is 0.509 e. The van der Waals surface area contributed by atoms with Crippen LogP contribution < -0.4 is 11.3 Å². The molecular formula is C27H31N8O12P. The molecular weight excluding hydrogens is 659 g/mol. The Kier molecular flexibility index (Phi) is 11.4. The van der Waals surface area contributed by atoms with Crippen molar-refractivity contribution in [2.45, 2.75) is 44.0 Å². The fraction of sp³-hybridized carbons (Fsp3) is 0.481. The minimum Gasteiger partial charge on any atom is -0.425 e. The quantitative estimate of drug-likeness (QED) is 0.0582. The maximum absolute atomic E-state index is 13.4. The van der Waals surface area contributed by atoms with Gasteiger partial charge in [0.25, 0.3) is 11.2 Å². The number of hydrogen-bond acceptors (Lipinski definition) is 15. The van der Waals surface area contributed by atoms with Gasteiger partial charge in [-0.1, -0.05) is 0 Å². The standard InChI is InChI=1S/C27H31N8O12P/c1-27(2,16-6-8-17(9-7-16)35(38)39)47-26(37)46-20-18(14-44-48(40,42-12-10-29-3)43-13-11-30-4)45-24(21(20)41-5)34-15-31-19-22(34)32-25(28)33-23(19)36/h6-9,15,18,20-21,24H,10-14H2,1-2,5H3,(H3,28,32,33,36)/t18-,20+,21?,24-/m1/s1. The predicted molar refractivity (Wildman–Crippen MR) is 163 cm³/mol. The lowest BCUT2D eigenvalue weighted by atomic mass is 9.98. The molecule has 3 N–H and O–H groups in total. The van der Waals surface area contributed by atoms with E-state index < -0.39 is 61.2 Å². The number of hydrogen-bond donors (Lipinski definition) is 2. The van der Waals surface area contributed by atoms with Gasteiger partial charge in [0.05, 0.1) is 17.9 Å². The van der Waals surface area contributed by atoms with Crippen molar-refractivity contribution in [2.75, 3.05) is 45.8 Å². The Morgan fingerprint density at radius 3 is 2.40 bits per heavy atom. The average molecular weight is 691 g/mol. The highest BCUT2D eigenvalue weighted by atomic mass is 31.2. The van der Waals surface area contributed by atoms with Gasteiger partial charge in [0.1, 0.15) is 31.0 Å². The van der Waals surface area contributed by atoms with Crippen molar-refractivity contribution in [1.82, 2.24) is 19.5 Å². The molecule has 256 valence electrons. The van der Waals surface area contributed by atoms with Gasteiger partial charge in [-0.3, -0.25) is 38.0 Å². The number of benzene rings is 1. The Bertz CT molecular complexity index is 1790. The molecule has 0 saturated carbocycles. The first-order chi connectivity index (χ1) is 22.8. The van der Waals surface area contributed by atoms with E-state index in [4.69, 9.17) is 51.4 Å². The normalized spacial score (nSPS) is 19.4. The second-order valence-corrected chi connectivity index (χ2v) is 12.1. The Morgan fingerprint density at radius 1 is 1.17 bits per heavy atom. The Morgan fingerprint density at radius 2 is 1.81 bits per heavy atom. The van der Waals surface area contributed by atoms with Gasteiger partial charge in [0.2, 0.25) is 19.0 Å². The SMILES string of the molecule is [C-]#[N+]CCOP(=O)(OCC[N+]#[C-])OC[C@H]1O[C@@H](n2cnc3c(=O)[nH]c(N)nc32)C(OC)[C@H]1OC(=O)OC(C)(C)c1ccc([N+](=O)[O-])cc1. The zero-order chi connectivity index (χ0) is 35.1. The number of rotatable bonds is 15. The average Bonchev–Trinajstić information content (AvgIpc) is 3.61. The smallest absolute Gasteiger partial charge is 0.425 e. The summed E-state index contributed by atoms with van der Waals surface area (Å²) in [6.45, 7) is 15.5. The fourth-order valence-corrected chi connectivity index (χ4v) is 5.81. The van der Waals surface area contributed by atoms with Gasteiger partial charge in [-0.05, 0) is 31.5 Å². The van der Waals surface area contributed by atoms with Crippen molar-refractivity contribution in [1.29, 1.82) is 0 Å². The lowest BCUT2D eigenvalue weighted by molar-refractivity contribution is -0.384. The van der Waals surface area contributed by atoms with Crippen LogP contribution in [0.1, 0.15) is 25.6 Å². The van der Waals surface area contributed by atoms with Crippen LogP contribution in [-0.2, 0) is 42.7 Å². The largest absolute Gasteiger partial charge is 0.509 e. The van der Waals surface area contributed by atoms with Crippen LogP contribution in [0.4, 0.5) is 16.4 Å². The Labute approximate surface area is 272 Å². The van der Waals surface area contributed by atoms with Crippen molar-refractivity contribution in [3.8, 4) is 0 Å². The van der Waals surface area contributed by atoms with Gasteiger partial charge in [0.15, 0.2) is 23.5 Å². The highest BCUT2D eigenvalue weighted by Crippen LogP contribution is 2.50. The van der Waals surface area contributed by atoms with Crippen molar-refractivity contribution in [3.05, 3.63) is 79.5 Å². The van der Waals surface area contributed by atoms with Crippen molar-refractivity contribution < 1.29 is 46.8 Å². The van der Waals surface area contributed by atoms with Crippen LogP contribution in [0, 0.1) is 23.3 Å².